The number of hydrogen-bond acceptors (Lipinski definition) is 5. The largest absolute Gasteiger partial charge is 0.306 e. The van der Waals surface area contributed by atoms with Crippen LogP contribution >= 0.6 is 0 Å². The van der Waals surface area contributed by atoms with E-state index in [-0.39, 0.29) is 30.1 Å². The van der Waals surface area contributed by atoms with Crippen LogP contribution in [-0.2, 0) is 14.4 Å². The van der Waals surface area contributed by atoms with Crippen LogP contribution in [0.15, 0.2) is 36.4 Å². The highest BCUT2D eigenvalue weighted by Gasteiger charge is 2.35. The molecule has 0 spiro atoms. The minimum absolute atomic E-state index is 0.0907. The molecule has 0 aliphatic carbocycles. The lowest BCUT2D eigenvalue weighted by molar-refractivity contribution is -0.148. The number of benzene rings is 1. The zero-order valence-corrected chi connectivity index (χ0v) is 23.2. The summed E-state index contributed by atoms with van der Waals surface area (Å²) in [4.78, 5) is 41.8. The van der Waals surface area contributed by atoms with Gasteiger partial charge in [0.2, 0.25) is 17.7 Å². The number of nitrogens with zero attached hydrogens (tertiary/aromatic N) is 2. The minimum Gasteiger partial charge on any atom is -0.306 e. The normalized spacial score (nSPS) is 16.6. The van der Waals surface area contributed by atoms with Crippen molar-refractivity contribution < 1.29 is 19.6 Å². The molecule has 1 saturated heterocycles. The monoisotopic (exact) mass is 514 g/mol. The molecule has 1 aliphatic rings. The van der Waals surface area contributed by atoms with Gasteiger partial charge >= 0.3 is 0 Å². The third-order valence-corrected chi connectivity index (χ3v) is 6.89. The van der Waals surface area contributed by atoms with Crippen molar-refractivity contribution in [1.82, 2.24) is 20.8 Å². The molecule has 37 heavy (non-hydrogen) atoms. The van der Waals surface area contributed by atoms with E-state index in [1.807, 2.05) is 70.2 Å². The smallest absolute Gasteiger partial charge is 0.247 e. The molecule has 0 unspecified atom stereocenters. The van der Waals surface area contributed by atoms with E-state index in [2.05, 4.69) is 17.4 Å². The van der Waals surface area contributed by atoms with Crippen molar-refractivity contribution in [2.24, 2.45) is 29.6 Å². The van der Waals surface area contributed by atoms with Gasteiger partial charge in [-0.15, -0.1) is 0 Å². The van der Waals surface area contributed by atoms with Crippen molar-refractivity contribution in [2.75, 3.05) is 26.7 Å². The van der Waals surface area contributed by atoms with Crippen LogP contribution in [0.1, 0.15) is 65.4 Å². The van der Waals surface area contributed by atoms with Gasteiger partial charge < -0.3 is 4.90 Å². The number of hydrogen-bond donors (Lipinski definition) is 3. The Morgan fingerprint density at radius 1 is 1.03 bits per heavy atom. The molecule has 0 aromatic heterocycles. The molecule has 0 radical (unpaired) electrons. The number of hydroxylamine groups is 1. The van der Waals surface area contributed by atoms with Crippen LogP contribution in [0.25, 0.3) is 6.08 Å². The molecule has 0 saturated carbocycles. The van der Waals surface area contributed by atoms with Gasteiger partial charge in [-0.3, -0.25) is 30.0 Å². The first-order valence-corrected chi connectivity index (χ1v) is 13.6. The molecular formula is C29H46N4O4. The third kappa shape index (κ3) is 10.7. The molecule has 2 atom stereocenters. The fraction of sp³-hybridized carbons (Fsp3) is 0.621. The Labute approximate surface area is 222 Å². The number of amides is 3. The summed E-state index contributed by atoms with van der Waals surface area (Å²) in [6.07, 6.45) is 6.81. The van der Waals surface area contributed by atoms with Gasteiger partial charge in [-0.25, -0.2) is 5.48 Å². The fourth-order valence-electron chi connectivity index (χ4n) is 4.83. The maximum Gasteiger partial charge on any atom is 0.247 e. The lowest BCUT2D eigenvalue weighted by Gasteiger charge is -2.33. The Morgan fingerprint density at radius 2 is 1.68 bits per heavy atom. The Kier molecular flexibility index (Phi) is 12.8. The van der Waals surface area contributed by atoms with E-state index in [1.54, 1.807) is 5.48 Å². The molecule has 1 aliphatic heterocycles. The van der Waals surface area contributed by atoms with Crippen molar-refractivity contribution in [3.8, 4) is 0 Å². The second kappa shape index (κ2) is 15.5. The summed E-state index contributed by atoms with van der Waals surface area (Å²) in [5.74, 6) is -1.95. The average molecular weight is 515 g/mol. The first-order valence-electron chi connectivity index (χ1n) is 13.6. The van der Waals surface area contributed by atoms with Crippen molar-refractivity contribution in [3.63, 3.8) is 0 Å². The number of rotatable bonds is 12. The average Bonchev–Trinajstić information content (AvgIpc) is 2.86. The van der Waals surface area contributed by atoms with Crippen molar-refractivity contribution in [2.45, 2.75) is 59.8 Å². The third-order valence-electron chi connectivity index (χ3n) is 6.89. The Balaban J connectivity index is 2.19. The van der Waals surface area contributed by atoms with Gasteiger partial charge in [0.1, 0.15) is 0 Å². The van der Waals surface area contributed by atoms with Crippen molar-refractivity contribution in [3.05, 3.63) is 42.0 Å². The number of hydrazine groups is 1. The first-order chi connectivity index (χ1) is 17.6. The molecule has 8 heteroatoms. The van der Waals surface area contributed by atoms with E-state index in [0.717, 1.165) is 31.5 Å². The van der Waals surface area contributed by atoms with Gasteiger partial charge in [0.05, 0.1) is 11.8 Å². The van der Waals surface area contributed by atoms with Gasteiger partial charge in [-0.05, 0) is 69.1 Å². The second-order valence-electron chi connectivity index (χ2n) is 11.2. The number of nitrogens with one attached hydrogen (secondary N) is 2. The Hall–Kier alpha value is -2.71. The summed E-state index contributed by atoms with van der Waals surface area (Å²) in [5, 5.41) is 10.9. The maximum absolute atomic E-state index is 13.6. The maximum atomic E-state index is 13.6. The standard InChI is InChI=1S/C29H46N4O4/c1-21(2)18-26(25(29(36)31-37)13-9-12-23-10-7-6-8-11-23)28(35)30-33(20-22(3)4)27(34)19-24-14-16-32(5)17-15-24/h6-12,21-22,24-26,37H,13-20H2,1-5H3,(H,30,35)(H,31,36)/t25-,26+/m0/s1. The number of piperidine rings is 1. The number of likely N-dealkylation sites (tertiary alicyclic amines) is 1. The predicted octanol–water partition coefficient (Wildman–Crippen LogP) is 4.12. The van der Waals surface area contributed by atoms with Crippen LogP contribution in [0.3, 0.4) is 0 Å². The van der Waals surface area contributed by atoms with Crippen LogP contribution in [0.5, 0.6) is 0 Å². The summed E-state index contributed by atoms with van der Waals surface area (Å²) in [6.45, 7) is 10.3. The van der Waals surface area contributed by atoms with Crippen LogP contribution in [-0.4, -0.2) is 59.5 Å². The fourth-order valence-corrected chi connectivity index (χ4v) is 4.83. The quantitative estimate of drug-likeness (QED) is 0.288. The summed E-state index contributed by atoms with van der Waals surface area (Å²) < 4.78 is 0. The number of carbonyl (C=O) groups excluding carboxylic acids is 3. The molecule has 8 nitrogen and oxygen atoms in total. The summed E-state index contributed by atoms with van der Waals surface area (Å²) >= 11 is 0. The molecule has 206 valence electrons. The van der Waals surface area contributed by atoms with Gasteiger partial charge in [0.25, 0.3) is 0 Å². The Morgan fingerprint density at radius 3 is 2.24 bits per heavy atom. The van der Waals surface area contributed by atoms with Crippen LogP contribution < -0.4 is 10.9 Å². The summed E-state index contributed by atoms with van der Waals surface area (Å²) in [7, 11) is 2.09. The molecule has 2 rings (SSSR count). The predicted molar refractivity (Wildman–Crippen MR) is 146 cm³/mol. The molecule has 1 fully saturated rings. The highest BCUT2D eigenvalue weighted by atomic mass is 16.5. The zero-order chi connectivity index (χ0) is 27.4. The van der Waals surface area contributed by atoms with E-state index in [9.17, 15) is 19.6 Å². The molecule has 3 N–H and O–H groups in total. The van der Waals surface area contributed by atoms with E-state index >= 15 is 0 Å². The summed E-state index contributed by atoms with van der Waals surface area (Å²) in [5.41, 5.74) is 5.60. The SMILES string of the molecule is CC(C)C[C@@H](C(=O)NN(CC(C)C)C(=O)CC1CCN(C)CC1)[C@H](CC=Cc1ccccc1)C(=O)NO. The van der Waals surface area contributed by atoms with Crippen molar-refractivity contribution >= 4 is 23.8 Å². The van der Waals surface area contributed by atoms with Crippen molar-refractivity contribution in [1.29, 1.82) is 0 Å². The van der Waals surface area contributed by atoms with E-state index < -0.39 is 17.7 Å². The van der Waals surface area contributed by atoms with E-state index in [1.165, 1.54) is 5.01 Å². The van der Waals surface area contributed by atoms with E-state index in [4.69, 9.17) is 0 Å². The van der Waals surface area contributed by atoms with Crippen LogP contribution in [0, 0.1) is 29.6 Å². The van der Waals surface area contributed by atoms with Gasteiger partial charge in [-0.1, -0.05) is 70.2 Å². The summed E-state index contributed by atoms with van der Waals surface area (Å²) in [6, 6.07) is 9.70. The lowest BCUT2D eigenvalue weighted by atomic mass is 9.82. The molecule has 1 aromatic rings. The second-order valence-corrected chi connectivity index (χ2v) is 11.2. The molecule has 1 aromatic carbocycles. The molecule has 0 bridgehead atoms. The van der Waals surface area contributed by atoms with E-state index in [0.29, 0.717) is 25.3 Å². The highest BCUT2D eigenvalue weighted by Crippen LogP contribution is 2.26. The van der Waals surface area contributed by atoms with Crippen LogP contribution in [0.2, 0.25) is 0 Å². The zero-order valence-electron chi connectivity index (χ0n) is 23.2. The lowest BCUT2D eigenvalue weighted by Crippen LogP contribution is -2.52. The molecular weight excluding hydrogens is 468 g/mol. The van der Waals surface area contributed by atoms with Crippen LogP contribution in [0.4, 0.5) is 0 Å². The molecule has 1 heterocycles. The van der Waals surface area contributed by atoms with Gasteiger partial charge in [-0.2, -0.15) is 0 Å². The molecule has 3 amide bonds. The highest BCUT2D eigenvalue weighted by molar-refractivity contribution is 5.89. The Bertz CT molecular complexity index is 879. The topological polar surface area (TPSA) is 102 Å². The first kappa shape index (κ1) is 30.5. The van der Waals surface area contributed by atoms with Gasteiger partial charge in [0.15, 0.2) is 0 Å². The minimum atomic E-state index is -0.780. The van der Waals surface area contributed by atoms with Gasteiger partial charge in [0, 0.05) is 13.0 Å². The number of carbonyl (C=O) groups is 3. The number of allylic oxidation sites excluding steroid dienone is 1.